The number of imide groups is 1. The lowest BCUT2D eigenvalue weighted by molar-refractivity contribution is -0.139. The third kappa shape index (κ3) is 3.65. The van der Waals surface area contributed by atoms with Crippen LogP contribution in [0.1, 0.15) is 45.1 Å². The van der Waals surface area contributed by atoms with E-state index in [1.165, 1.54) is 24.3 Å². The van der Waals surface area contributed by atoms with Gasteiger partial charge in [-0.1, -0.05) is 25.1 Å². The molecule has 3 heterocycles. The summed E-state index contributed by atoms with van der Waals surface area (Å²) in [5.41, 5.74) is 5.47. The van der Waals surface area contributed by atoms with Crippen LogP contribution in [-0.2, 0) is 19.1 Å². The minimum Gasteiger partial charge on any atom is -0.370 e. The highest BCUT2D eigenvalue weighted by atomic mass is 19.1. The molecular weight excluding hydrogens is 485 g/mol. The lowest BCUT2D eigenvalue weighted by atomic mass is 9.74. The summed E-state index contributed by atoms with van der Waals surface area (Å²) >= 11 is 0. The predicted octanol–water partition coefficient (Wildman–Crippen LogP) is 5.01. The Kier molecular flexibility index (Phi) is 6.38. The van der Waals surface area contributed by atoms with Gasteiger partial charge in [-0.15, -0.1) is 4.48 Å². The van der Waals surface area contributed by atoms with E-state index in [-0.39, 0.29) is 23.8 Å². The number of nitrogens with two attached hydrogens (primary N) is 1. The summed E-state index contributed by atoms with van der Waals surface area (Å²) in [6.45, 7) is 3.84. The number of carbonyl (C=O) groups is 3. The molecule has 3 saturated heterocycles. The van der Waals surface area contributed by atoms with Gasteiger partial charge in [0.15, 0.2) is 11.4 Å². The van der Waals surface area contributed by atoms with Gasteiger partial charge in [-0.3, -0.25) is 4.79 Å². The van der Waals surface area contributed by atoms with E-state index in [0.717, 1.165) is 19.3 Å². The van der Waals surface area contributed by atoms with Crippen molar-refractivity contribution in [1.82, 2.24) is 4.48 Å². The molecule has 2 bridgehead atoms. The normalized spacial score (nSPS) is 29.1. The van der Waals surface area contributed by atoms with Crippen molar-refractivity contribution in [1.29, 1.82) is 5.26 Å². The third-order valence-electron chi connectivity index (χ3n) is 8.07. The van der Waals surface area contributed by atoms with E-state index in [1.807, 2.05) is 38.1 Å². The first kappa shape index (κ1) is 25.7. The van der Waals surface area contributed by atoms with Crippen LogP contribution < -0.4 is 10.2 Å². The Morgan fingerprint density at radius 2 is 1.79 bits per heavy atom. The molecule has 38 heavy (non-hydrogen) atoms. The molecule has 5 atom stereocenters. The van der Waals surface area contributed by atoms with Crippen molar-refractivity contribution in [2.75, 3.05) is 0 Å². The van der Waals surface area contributed by atoms with Crippen molar-refractivity contribution >= 4 is 39.9 Å². The number of fused-ring (bicyclic) bond motifs is 6. The summed E-state index contributed by atoms with van der Waals surface area (Å²) in [6.07, 6.45) is 2.56. The fraction of sp³-hybridized carbons (Fsp3) is 0.333. The SMILES string of the molecule is CCCC(N)=O.C[C@]12CC[C@H](O1)[C@@H]1C(=O)[N+](c3ccc(F)cc3)(c3ccc(C#N)c4ccccc34)C(=O)[C@@H]12. The standard InChI is InChI=1S/C26H20FN2O3.C4H9NO/c1-26-13-12-21(32-26)22-23(26)25(31)29(24(22)30,17-9-7-16(27)8-10-17)20-11-6-15(14-28)18-4-2-3-5-19(18)20;1-2-3-4(5)6/h2-11,21-23H,12-13H2,1H3;2-3H2,1H3,(H2,5,6)/q+1;/t21-,22-,23+,26+,29?;/m0./s1. The molecule has 2 N–H and O–H groups in total. The average Bonchev–Trinajstić information content (AvgIpc) is 3.51. The number of ether oxygens (including phenoxy) is 1. The number of primary amides is 1. The van der Waals surface area contributed by atoms with Gasteiger partial charge in [-0.25, -0.2) is 14.0 Å². The van der Waals surface area contributed by atoms with Crippen LogP contribution >= 0.6 is 0 Å². The highest BCUT2D eigenvalue weighted by Crippen LogP contribution is 2.60. The Bertz CT molecular complexity index is 1500. The van der Waals surface area contributed by atoms with Crippen LogP contribution in [0.3, 0.4) is 0 Å². The molecule has 0 aliphatic carbocycles. The fourth-order valence-corrected chi connectivity index (χ4v) is 6.44. The Balaban J connectivity index is 0.000000443. The van der Waals surface area contributed by atoms with Crippen LogP contribution in [0.4, 0.5) is 15.8 Å². The van der Waals surface area contributed by atoms with Gasteiger partial charge in [0, 0.05) is 35.4 Å². The van der Waals surface area contributed by atoms with Crippen molar-refractivity contribution < 1.29 is 23.5 Å². The number of halogens is 1. The Labute approximate surface area is 220 Å². The van der Waals surface area contributed by atoms with Crippen molar-refractivity contribution in [2.45, 2.75) is 51.2 Å². The highest BCUT2D eigenvalue weighted by molar-refractivity contribution is 6.25. The van der Waals surface area contributed by atoms with Crippen molar-refractivity contribution in [3.63, 3.8) is 0 Å². The largest absolute Gasteiger partial charge is 0.370 e. The fourth-order valence-electron chi connectivity index (χ4n) is 6.44. The Hall–Kier alpha value is -3.93. The molecule has 0 aromatic heterocycles. The summed E-state index contributed by atoms with van der Waals surface area (Å²) in [4.78, 5) is 38.4. The number of hydrogen-bond donors (Lipinski definition) is 1. The molecule has 194 valence electrons. The first-order valence-electron chi connectivity index (χ1n) is 12.8. The number of nitrogens with zero attached hydrogens (tertiary/aromatic N) is 2. The minimum atomic E-state index is -0.676. The maximum atomic E-state index is 14.3. The summed E-state index contributed by atoms with van der Waals surface area (Å²) < 4.78 is 19.3. The number of benzene rings is 3. The van der Waals surface area contributed by atoms with Gasteiger partial charge in [0.05, 0.1) is 23.3 Å². The van der Waals surface area contributed by atoms with Gasteiger partial charge in [-0.2, -0.15) is 5.26 Å². The van der Waals surface area contributed by atoms with E-state index in [4.69, 9.17) is 10.5 Å². The van der Waals surface area contributed by atoms with Gasteiger partial charge < -0.3 is 10.5 Å². The van der Waals surface area contributed by atoms with Gasteiger partial charge in [0.25, 0.3) is 0 Å². The van der Waals surface area contributed by atoms with E-state index in [9.17, 15) is 24.0 Å². The van der Waals surface area contributed by atoms with Crippen LogP contribution in [-0.4, -0.2) is 29.4 Å². The van der Waals surface area contributed by atoms with Crippen LogP contribution in [0, 0.1) is 29.0 Å². The molecule has 0 radical (unpaired) electrons. The quantitative estimate of drug-likeness (QED) is 0.389. The second-order valence-electron chi connectivity index (χ2n) is 10.3. The summed E-state index contributed by atoms with van der Waals surface area (Å²) in [6, 6.07) is 18.4. The molecule has 7 nitrogen and oxygen atoms in total. The van der Waals surface area contributed by atoms with Crippen LogP contribution in [0.5, 0.6) is 0 Å². The molecule has 0 spiro atoms. The van der Waals surface area contributed by atoms with Crippen LogP contribution in [0.15, 0.2) is 60.7 Å². The summed E-state index contributed by atoms with van der Waals surface area (Å²) in [7, 11) is 0. The van der Waals surface area contributed by atoms with Crippen LogP contribution in [0.25, 0.3) is 10.8 Å². The molecule has 3 amide bonds. The molecule has 3 aromatic carbocycles. The predicted molar refractivity (Wildman–Crippen MR) is 140 cm³/mol. The monoisotopic (exact) mass is 514 g/mol. The molecular formula is C30H29FN3O4+. The van der Waals surface area contributed by atoms with E-state index >= 15 is 0 Å². The topological polar surface area (TPSA) is 110 Å². The van der Waals surface area contributed by atoms with Crippen molar-refractivity contribution in [2.24, 2.45) is 17.6 Å². The van der Waals surface area contributed by atoms with E-state index in [1.54, 1.807) is 12.1 Å². The first-order chi connectivity index (χ1) is 18.2. The molecule has 3 aliphatic heterocycles. The van der Waals surface area contributed by atoms with Crippen molar-refractivity contribution in [3.8, 4) is 6.07 Å². The second-order valence-corrected chi connectivity index (χ2v) is 10.3. The van der Waals surface area contributed by atoms with Gasteiger partial charge in [0.1, 0.15) is 17.7 Å². The Morgan fingerprint density at radius 3 is 2.37 bits per heavy atom. The van der Waals surface area contributed by atoms with Gasteiger partial charge >= 0.3 is 11.8 Å². The van der Waals surface area contributed by atoms with E-state index in [2.05, 4.69) is 6.07 Å². The number of carbonyl (C=O) groups excluding carboxylic acids is 3. The zero-order chi connectivity index (χ0) is 27.2. The smallest absolute Gasteiger partial charge is 0.338 e. The molecule has 3 fully saturated rings. The molecule has 3 aliphatic rings. The number of rotatable bonds is 4. The maximum Gasteiger partial charge on any atom is 0.338 e. The van der Waals surface area contributed by atoms with Gasteiger partial charge in [-0.05, 0) is 50.5 Å². The summed E-state index contributed by atoms with van der Waals surface area (Å²) in [5.74, 6) is -2.24. The maximum absolute atomic E-state index is 14.3. The number of quaternary nitrogens is 1. The lowest BCUT2D eigenvalue weighted by Gasteiger charge is -2.32. The summed E-state index contributed by atoms with van der Waals surface area (Å²) in [5, 5.41) is 10.9. The molecule has 8 heteroatoms. The van der Waals surface area contributed by atoms with E-state index < -0.39 is 27.7 Å². The zero-order valence-corrected chi connectivity index (χ0v) is 21.3. The van der Waals surface area contributed by atoms with Crippen LogP contribution in [0.2, 0.25) is 0 Å². The molecule has 3 aromatic rings. The highest BCUT2D eigenvalue weighted by Gasteiger charge is 2.76. The Morgan fingerprint density at radius 1 is 1.11 bits per heavy atom. The first-order valence-corrected chi connectivity index (χ1v) is 12.8. The minimum absolute atomic E-state index is 0.211. The zero-order valence-electron chi connectivity index (χ0n) is 21.3. The average molecular weight is 515 g/mol. The molecule has 6 rings (SSSR count). The van der Waals surface area contributed by atoms with E-state index in [0.29, 0.717) is 34.1 Å². The lowest BCUT2D eigenvalue weighted by Crippen LogP contribution is -2.53. The molecule has 1 unspecified atom stereocenters. The number of hydrogen-bond acceptors (Lipinski definition) is 5. The second kappa shape index (κ2) is 9.43. The van der Waals surface area contributed by atoms with Gasteiger partial charge in [0.2, 0.25) is 5.91 Å². The van der Waals surface area contributed by atoms with Crippen molar-refractivity contribution in [3.05, 3.63) is 72.0 Å². The molecule has 0 saturated carbocycles. The number of amides is 3. The number of nitriles is 1. The third-order valence-corrected chi connectivity index (χ3v) is 8.07.